The quantitative estimate of drug-likeness (QED) is 0.595. The van der Waals surface area contributed by atoms with Crippen molar-refractivity contribution in [2.75, 3.05) is 0 Å². The van der Waals surface area contributed by atoms with Gasteiger partial charge in [0.1, 0.15) is 0 Å². The molecule has 1 heteroatoms. The largest absolute Gasteiger partial charge is 0.290 e. The van der Waals surface area contributed by atoms with E-state index in [1.54, 1.807) is 12.2 Å². The van der Waals surface area contributed by atoms with Gasteiger partial charge in [-0.3, -0.25) is 4.79 Å². The fourth-order valence-corrected chi connectivity index (χ4v) is 2.78. The molecule has 2 aliphatic rings. The van der Waals surface area contributed by atoms with Crippen molar-refractivity contribution in [1.82, 2.24) is 0 Å². The number of allylic oxidation sites excluding steroid dienone is 5. The van der Waals surface area contributed by atoms with Crippen molar-refractivity contribution in [1.29, 1.82) is 0 Å². The van der Waals surface area contributed by atoms with E-state index in [1.807, 2.05) is 0 Å². The summed E-state index contributed by atoms with van der Waals surface area (Å²) >= 11 is 0. The van der Waals surface area contributed by atoms with E-state index in [0.29, 0.717) is 5.92 Å². The van der Waals surface area contributed by atoms with Crippen LogP contribution in [-0.2, 0) is 4.79 Å². The smallest absolute Gasteiger partial charge is 0.178 e. The summed E-state index contributed by atoms with van der Waals surface area (Å²) in [7, 11) is 0. The van der Waals surface area contributed by atoms with Gasteiger partial charge in [-0.1, -0.05) is 23.8 Å². The Bertz CT molecular complexity index is 373. The molecule has 0 aromatic rings. The highest BCUT2D eigenvalue weighted by atomic mass is 16.1. The van der Waals surface area contributed by atoms with Gasteiger partial charge in [0.05, 0.1) is 0 Å². The lowest BCUT2D eigenvalue weighted by Gasteiger charge is -2.29. The Morgan fingerprint density at radius 3 is 2.87 bits per heavy atom. The monoisotopic (exact) mass is 202 g/mol. The van der Waals surface area contributed by atoms with E-state index >= 15 is 0 Å². The first-order valence-corrected chi connectivity index (χ1v) is 5.61. The zero-order chi connectivity index (χ0) is 11.1. The van der Waals surface area contributed by atoms with Crippen molar-refractivity contribution in [3.8, 4) is 0 Å². The van der Waals surface area contributed by atoms with Crippen molar-refractivity contribution in [2.24, 2.45) is 11.3 Å². The summed E-state index contributed by atoms with van der Waals surface area (Å²) in [6.45, 7) is 8.24. The Hall–Kier alpha value is -1.11. The summed E-state index contributed by atoms with van der Waals surface area (Å²) in [5.74, 6) is 0.767. The van der Waals surface area contributed by atoms with Crippen molar-refractivity contribution in [3.63, 3.8) is 0 Å². The molecule has 2 rings (SSSR count). The molecule has 2 aliphatic carbocycles. The van der Waals surface area contributed by atoms with Crippen LogP contribution >= 0.6 is 0 Å². The maximum absolute atomic E-state index is 11.2. The molecule has 15 heavy (non-hydrogen) atoms. The first-order valence-electron chi connectivity index (χ1n) is 5.61. The summed E-state index contributed by atoms with van der Waals surface area (Å²) in [5, 5.41) is 0. The molecule has 0 radical (unpaired) electrons. The van der Waals surface area contributed by atoms with Gasteiger partial charge in [0.25, 0.3) is 0 Å². The number of rotatable bonds is 1. The molecular weight excluding hydrogens is 184 g/mol. The first kappa shape index (κ1) is 10.4. The third-order valence-electron chi connectivity index (χ3n) is 3.96. The van der Waals surface area contributed by atoms with Crippen LogP contribution in [0.2, 0.25) is 0 Å². The van der Waals surface area contributed by atoms with Crippen LogP contribution in [0, 0.1) is 11.3 Å². The minimum atomic E-state index is 0.136. The number of ketones is 1. The zero-order valence-electron chi connectivity index (χ0n) is 9.55. The van der Waals surface area contributed by atoms with Gasteiger partial charge in [-0.2, -0.15) is 0 Å². The Labute approximate surface area is 91.6 Å². The molecule has 0 saturated heterocycles. The fourth-order valence-electron chi connectivity index (χ4n) is 2.78. The molecule has 0 N–H and O–H groups in total. The highest BCUT2D eigenvalue weighted by Crippen LogP contribution is 2.50. The lowest BCUT2D eigenvalue weighted by molar-refractivity contribution is -0.110. The number of hydrogen-bond acceptors (Lipinski definition) is 1. The predicted octanol–water partition coefficient (Wildman–Crippen LogP) is 3.43. The van der Waals surface area contributed by atoms with E-state index in [-0.39, 0.29) is 11.2 Å². The molecule has 0 unspecified atom stereocenters. The van der Waals surface area contributed by atoms with Gasteiger partial charge in [0.2, 0.25) is 0 Å². The molecule has 1 nitrogen and oxygen atoms in total. The summed E-state index contributed by atoms with van der Waals surface area (Å²) in [6, 6.07) is 0. The molecular formula is C14H18O. The molecule has 1 spiro atoms. The van der Waals surface area contributed by atoms with Gasteiger partial charge in [-0.25, -0.2) is 0 Å². The Kier molecular flexibility index (Phi) is 2.41. The van der Waals surface area contributed by atoms with Gasteiger partial charge in [-0.15, -0.1) is 0 Å². The molecule has 0 amide bonds. The van der Waals surface area contributed by atoms with Crippen molar-refractivity contribution >= 4 is 5.78 Å². The van der Waals surface area contributed by atoms with Crippen LogP contribution < -0.4 is 0 Å². The number of hydrogen-bond donors (Lipinski definition) is 0. The van der Waals surface area contributed by atoms with Gasteiger partial charge in [0.15, 0.2) is 5.78 Å². The number of carbonyl (C=O) groups excluding carboxylic acids is 1. The third kappa shape index (κ3) is 1.71. The maximum atomic E-state index is 11.2. The van der Waals surface area contributed by atoms with E-state index < -0.39 is 0 Å². The molecule has 0 bridgehead atoms. The lowest BCUT2D eigenvalue weighted by Crippen LogP contribution is -2.20. The fraction of sp³-hybridized carbons (Fsp3) is 0.500. The highest BCUT2D eigenvalue weighted by Gasteiger charge is 2.39. The predicted molar refractivity (Wildman–Crippen MR) is 62.5 cm³/mol. The van der Waals surface area contributed by atoms with Crippen LogP contribution in [0.5, 0.6) is 0 Å². The normalized spacial score (nSPS) is 34.7. The second-order valence-corrected chi connectivity index (χ2v) is 5.01. The minimum Gasteiger partial charge on any atom is -0.290 e. The average Bonchev–Trinajstić information content (AvgIpc) is 2.58. The Balaban J connectivity index is 2.24. The summed E-state index contributed by atoms with van der Waals surface area (Å²) < 4.78 is 0. The zero-order valence-corrected chi connectivity index (χ0v) is 9.55. The Morgan fingerprint density at radius 2 is 2.33 bits per heavy atom. The van der Waals surface area contributed by atoms with Crippen LogP contribution in [0.15, 0.2) is 36.0 Å². The molecule has 0 aromatic carbocycles. The van der Waals surface area contributed by atoms with E-state index in [4.69, 9.17) is 0 Å². The van der Waals surface area contributed by atoms with E-state index in [1.165, 1.54) is 17.6 Å². The van der Waals surface area contributed by atoms with Crippen LogP contribution in [0.25, 0.3) is 0 Å². The minimum absolute atomic E-state index is 0.136. The molecule has 1 saturated carbocycles. The molecule has 0 aliphatic heterocycles. The van der Waals surface area contributed by atoms with Gasteiger partial charge in [0, 0.05) is 5.41 Å². The van der Waals surface area contributed by atoms with Gasteiger partial charge < -0.3 is 0 Å². The molecule has 2 atom stereocenters. The summed E-state index contributed by atoms with van der Waals surface area (Å²) in [4.78, 5) is 11.2. The Morgan fingerprint density at radius 1 is 1.60 bits per heavy atom. The van der Waals surface area contributed by atoms with E-state index in [9.17, 15) is 4.79 Å². The first-order chi connectivity index (χ1) is 7.03. The molecule has 0 heterocycles. The molecule has 0 aromatic heterocycles. The maximum Gasteiger partial charge on any atom is 0.178 e. The second-order valence-electron chi connectivity index (χ2n) is 5.01. The van der Waals surface area contributed by atoms with Crippen molar-refractivity contribution in [2.45, 2.75) is 33.1 Å². The lowest BCUT2D eigenvalue weighted by atomic mass is 9.75. The van der Waals surface area contributed by atoms with Crippen molar-refractivity contribution in [3.05, 3.63) is 36.0 Å². The summed E-state index contributed by atoms with van der Waals surface area (Å²) in [6.07, 6.45) is 9.15. The second kappa shape index (κ2) is 3.48. The topological polar surface area (TPSA) is 17.1 Å². The van der Waals surface area contributed by atoms with Crippen LogP contribution in [-0.4, -0.2) is 5.78 Å². The average molecular weight is 202 g/mol. The van der Waals surface area contributed by atoms with E-state index in [2.05, 4.69) is 26.5 Å². The SMILES string of the molecule is C=C(C)[C@@H]1CC[C@@]2(C=CC(=O)C=C2C)C1. The standard InChI is InChI=1S/C14H18O/c1-10(2)12-4-6-14(9-12)7-5-13(15)8-11(14)3/h5,7-8,12H,1,4,6,9H2,2-3H3/t12-,14-/m1/s1. The highest BCUT2D eigenvalue weighted by molar-refractivity contribution is 6.01. The van der Waals surface area contributed by atoms with Gasteiger partial charge >= 0.3 is 0 Å². The molecule has 80 valence electrons. The van der Waals surface area contributed by atoms with Crippen LogP contribution in [0.1, 0.15) is 33.1 Å². The van der Waals surface area contributed by atoms with Crippen molar-refractivity contribution < 1.29 is 4.79 Å². The third-order valence-corrected chi connectivity index (χ3v) is 3.96. The van der Waals surface area contributed by atoms with Crippen LogP contribution in [0.4, 0.5) is 0 Å². The van der Waals surface area contributed by atoms with E-state index in [0.717, 1.165) is 12.8 Å². The summed E-state index contributed by atoms with van der Waals surface area (Å²) in [5.41, 5.74) is 2.68. The molecule has 1 fully saturated rings. The van der Waals surface area contributed by atoms with Crippen LogP contribution in [0.3, 0.4) is 0 Å². The number of carbonyl (C=O) groups is 1. The van der Waals surface area contributed by atoms with Gasteiger partial charge in [-0.05, 0) is 51.2 Å².